The molecule has 0 spiro atoms. The zero-order valence-corrected chi connectivity index (χ0v) is 16.1. The highest BCUT2D eigenvalue weighted by molar-refractivity contribution is 6.09. The van der Waals surface area contributed by atoms with Crippen LogP contribution in [0.2, 0.25) is 0 Å². The molecule has 0 fully saturated rings. The van der Waals surface area contributed by atoms with Crippen LogP contribution >= 0.6 is 0 Å². The second kappa shape index (κ2) is 12.9. The number of ether oxygens (including phenoxy) is 2. The Labute approximate surface area is 164 Å². The third-order valence-electron chi connectivity index (χ3n) is 3.52. The van der Waals surface area contributed by atoms with Gasteiger partial charge in [-0.1, -0.05) is 25.5 Å². The third kappa shape index (κ3) is 7.91. The molecule has 1 aromatic carbocycles. The lowest BCUT2D eigenvalue weighted by Crippen LogP contribution is -2.20. The summed E-state index contributed by atoms with van der Waals surface area (Å²) >= 11 is 0. The Morgan fingerprint density at radius 2 is 1.93 bits per heavy atom. The standard InChI is InChI=1S/C20H25N3O5/c1-3-5-12-28-20(26)16-8-6-7-9-17(16)23-19(25)15(13-21)14-22-11-10-18(24)27-4-2/h6-9,14,22H,3-5,10-12H2,1-2H3,(H,23,25)/b15-14-. The van der Waals surface area contributed by atoms with Crippen LogP contribution in [0.25, 0.3) is 0 Å². The number of hydrogen-bond acceptors (Lipinski definition) is 7. The summed E-state index contributed by atoms with van der Waals surface area (Å²) in [7, 11) is 0. The Morgan fingerprint density at radius 1 is 1.18 bits per heavy atom. The van der Waals surface area contributed by atoms with Crippen LogP contribution in [-0.4, -0.2) is 37.6 Å². The lowest BCUT2D eigenvalue weighted by molar-refractivity contribution is -0.142. The van der Waals surface area contributed by atoms with E-state index in [1.54, 1.807) is 31.2 Å². The number of nitrogens with one attached hydrogen (secondary N) is 2. The van der Waals surface area contributed by atoms with Crippen LogP contribution in [0.15, 0.2) is 36.0 Å². The van der Waals surface area contributed by atoms with Gasteiger partial charge >= 0.3 is 11.9 Å². The number of rotatable bonds is 11. The molecule has 0 saturated carbocycles. The van der Waals surface area contributed by atoms with E-state index in [0.717, 1.165) is 12.8 Å². The molecule has 1 aromatic rings. The zero-order valence-electron chi connectivity index (χ0n) is 16.1. The van der Waals surface area contributed by atoms with Crippen molar-refractivity contribution in [2.45, 2.75) is 33.1 Å². The van der Waals surface area contributed by atoms with Crippen molar-refractivity contribution in [3.8, 4) is 6.07 Å². The highest BCUT2D eigenvalue weighted by atomic mass is 16.5. The highest BCUT2D eigenvalue weighted by Gasteiger charge is 2.16. The molecule has 2 N–H and O–H groups in total. The van der Waals surface area contributed by atoms with E-state index in [0.29, 0.717) is 13.2 Å². The number of carbonyl (C=O) groups excluding carboxylic acids is 3. The van der Waals surface area contributed by atoms with Gasteiger partial charge in [0.2, 0.25) is 0 Å². The van der Waals surface area contributed by atoms with Gasteiger partial charge in [0.25, 0.3) is 5.91 Å². The van der Waals surface area contributed by atoms with Crippen molar-refractivity contribution < 1.29 is 23.9 Å². The first-order valence-corrected chi connectivity index (χ1v) is 9.10. The fraction of sp³-hybridized carbons (Fsp3) is 0.400. The minimum Gasteiger partial charge on any atom is -0.466 e. The summed E-state index contributed by atoms with van der Waals surface area (Å²) in [5.74, 6) is -1.60. The van der Waals surface area contributed by atoms with Gasteiger partial charge in [-0.15, -0.1) is 0 Å². The van der Waals surface area contributed by atoms with Crippen molar-refractivity contribution in [1.82, 2.24) is 5.32 Å². The van der Waals surface area contributed by atoms with Gasteiger partial charge in [-0.05, 0) is 25.5 Å². The maximum atomic E-state index is 12.3. The van der Waals surface area contributed by atoms with Gasteiger partial charge in [-0.3, -0.25) is 9.59 Å². The van der Waals surface area contributed by atoms with Crippen LogP contribution in [0, 0.1) is 11.3 Å². The number of hydrogen-bond donors (Lipinski definition) is 2. The first-order valence-electron chi connectivity index (χ1n) is 9.10. The molecule has 28 heavy (non-hydrogen) atoms. The van der Waals surface area contributed by atoms with Crippen molar-refractivity contribution in [2.24, 2.45) is 0 Å². The van der Waals surface area contributed by atoms with Crippen LogP contribution in [0.4, 0.5) is 5.69 Å². The smallest absolute Gasteiger partial charge is 0.340 e. The topological polar surface area (TPSA) is 118 Å². The molecule has 0 aliphatic rings. The van der Waals surface area contributed by atoms with Crippen LogP contribution < -0.4 is 10.6 Å². The predicted molar refractivity (Wildman–Crippen MR) is 103 cm³/mol. The summed E-state index contributed by atoms with van der Waals surface area (Å²) in [6, 6.07) is 8.19. The number of para-hydroxylation sites is 1. The zero-order chi connectivity index (χ0) is 20.8. The molecule has 8 heteroatoms. The summed E-state index contributed by atoms with van der Waals surface area (Å²) in [5.41, 5.74) is 0.263. The molecule has 0 heterocycles. The predicted octanol–water partition coefficient (Wildman–Crippen LogP) is 2.53. The number of nitrogens with zero attached hydrogens (tertiary/aromatic N) is 1. The molecule has 0 aliphatic heterocycles. The number of carbonyl (C=O) groups is 3. The molecule has 0 aromatic heterocycles. The molecule has 8 nitrogen and oxygen atoms in total. The maximum absolute atomic E-state index is 12.3. The van der Waals surface area contributed by atoms with Gasteiger partial charge in [0, 0.05) is 12.7 Å². The average molecular weight is 387 g/mol. The quantitative estimate of drug-likeness (QED) is 0.259. The average Bonchev–Trinajstić information content (AvgIpc) is 2.68. The molecule has 0 bridgehead atoms. The maximum Gasteiger partial charge on any atom is 0.340 e. The van der Waals surface area contributed by atoms with Gasteiger partial charge in [0.05, 0.1) is 30.9 Å². The second-order valence-corrected chi connectivity index (χ2v) is 5.67. The molecule has 0 saturated heterocycles. The van der Waals surface area contributed by atoms with Crippen LogP contribution in [0.3, 0.4) is 0 Å². The summed E-state index contributed by atoms with van der Waals surface area (Å²) in [6.07, 6.45) is 2.97. The summed E-state index contributed by atoms with van der Waals surface area (Å²) in [6.45, 7) is 4.50. The summed E-state index contributed by atoms with van der Waals surface area (Å²) in [4.78, 5) is 35.8. The molecule has 0 radical (unpaired) electrons. The number of esters is 2. The summed E-state index contributed by atoms with van der Waals surface area (Å²) in [5, 5.41) is 14.5. The minimum absolute atomic E-state index is 0.108. The number of nitriles is 1. The first-order chi connectivity index (χ1) is 13.5. The van der Waals surface area contributed by atoms with Crippen LogP contribution in [-0.2, 0) is 19.1 Å². The fourth-order valence-corrected chi connectivity index (χ4v) is 2.08. The monoisotopic (exact) mass is 387 g/mol. The molecular formula is C20H25N3O5. The Hall–Kier alpha value is -3.34. The number of benzene rings is 1. The van der Waals surface area contributed by atoms with Crippen molar-refractivity contribution >= 4 is 23.5 Å². The molecule has 1 amide bonds. The number of unbranched alkanes of at least 4 members (excludes halogenated alkanes) is 1. The number of anilines is 1. The van der Waals surface area contributed by atoms with E-state index in [-0.39, 0.29) is 35.8 Å². The lowest BCUT2D eigenvalue weighted by Gasteiger charge is -2.10. The SMILES string of the molecule is CCCCOC(=O)c1ccccc1NC(=O)/C(C#N)=C\NCCC(=O)OCC. The number of amides is 1. The van der Waals surface area contributed by atoms with Gasteiger partial charge in [0.15, 0.2) is 0 Å². The van der Waals surface area contributed by atoms with Gasteiger partial charge < -0.3 is 20.1 Å². The van der Waals surface area contributed by atoms with E-state index in [1.807, 2.05) is 6.92 Å². The Morgan fingerprint density at radius 3 is 2.61 bits per heavy atom. The van der Waals surface area contributed by atoms with Crippen molar-refractivity contribution in [1.29, 1.82) is 5.26 Å². The highest BCUT2D eigenvalue weighted by Crippen LogP contribution is 2.17. The third-order valence-corrected chi connectivity index (χ3v) is 3.52. The molecular weight excluding hydrogens is 362 g/mol. The van der Waals surface area contributed by atoms with Crippen molar-refractivity contribution in [3.05, 3.63) is 41.6 Å². The normalized spacial score (nSPS) is 10.5. The molecule has 0 aliphatic carbocycles. The van der Waals surface area contributed by atoms with Crippen LogP contribution in [0.1, 0.15) is 43.5 Å². The van der Waals surface area contributed by atoms with Crippen LogP contribution in [0.5, 0.6) is 0 Å². The Balaban J connectivity index is 2.72. The van der Waals surface area contributed by atoms with E-state index in [1.165, 1.54) is 12.3 Å². The largest absolute Gasteiger partial charge is 0.466 e. The van der Waals surface area contributed by atoms with E-state index in [9.17, 15) is 19.6 Å². The van der Waals surface area contributed by atoms with Crippen molar-refractivity contribution in [3.63, 3.8) is 0 Å². The Bertz CT molecular complexity index is 752. The molecule has 0 atom stereocenters. The lowest BCUT2D eigenvalue weighted by atomic mass is 10.1. The Kier molecular flexibility index (Phi) is 10.5. The van der Waals surface area contributed by atoms with E-state index in [2.05, 4.69) is 10.6 Å². The molecule has 1 rings (SSSR count). The second-order valence-electron chi connectivity index (χ2n) is 5.67. The van der Waals surface area contributed by atoms with Gasteiger partial charge in [-0.2, -0.15) is 5.26 Å². The van der Waals surface area contributed by atoms with Gasteiger partial charge in [-0.25, -0.2) is 4.79 Å². The molecule has 150 valence electrons. The molecule has 0 unspecified atom stereocenters. The fourth-order valence-electron chi connectivity index (χ4n) is 2.08. The van der Waals surface area contributed by atoms with Gasteiger partial charge in [0.1, 0.15) is 11.6 Å². The van der Waals surface area contributed by atoms with E-state index >= 15 is 0 Å². The van der Waals surface area contributed by atoms with E-state index < -0.39 is 11.9 Å². The van der Waals surface area contributed by atoms with E-state index in [4.69, 9.17) is 9.47 Å². The van der Waals surface area contributed by atoms with Crippen molar-refractivity contribution in [2.75, 3.05) is 25.1 Å². The first kappa shape index (κ1) is 22.7. The summed E-state index contributed by atoms with van der Waals surface area (Å²) < 4.78 is 9.96. The minimum atomic E-state index is -0.681.